The molecule has 0 aromatic carbocycles. The Morgan fingerprint density at radius 2 is 2.00 bits per heavy atom. The Morgan fingerprint density at radius 3 is 2.31 bits per heavy atom. The number of carbonyl (C=O) groups is 1. The number of carboxylic acid groups (broad SMARTS) is 1. The predicted octanol–water partition coefficient (Wildman–Crippen LogP) is 1.34. The van der Waals surface area contributed by atoms with Crippen molar-refractivity contribution in [2.24, 2.45) is 0 Å². The lowest BCUT2D eigenvalue weighted by molar-refractivity contribution is -0.139. The molecule has 0 spiro atoms. The van der Waals surface area contributed by atoms with Crippen molar-refractivity contribution in [2.75, 3.05) is 0 Å². The molecule has 0 amide bonds. The van der Waals surface area contributed by atoms with Crippen LogP contribution in [0.1, 0.15) is 27.7 Å². The smallest absolute Gasteiger partial charge is 0.325 e. The average molecular weight is 187 g/mol. The third kappa shape index (κ3) is 6.02. The predicted molar refractivity (Wildman–Crippen MR) is 50.2 cm³/mol. The van der Waals surface area contributed by atoms with E-state index in [-0.39, 0.29) is 11.5 Å². The summed E-state index contributed by atoms with van der Waals surface area (Å²) in [6, 6.07) is -0.685. The first-order chi connectivity index (χ1) is 5.72. The van der Waals surface area contributed by atoms with Crippen LogP contribution < -0.4 is 5.32 Å². The van der Waals surface area contributed by atoms with Crippen molar-refractivity contribution in [3.63, 3.8) is 0 Å². The van der Waals surface area contributed by atoms with Gasteiger partial charge in [0.05, 0.1) is 0 Å². The number of hydrogen-bond acceptors (Lipinski definition) is 3. The molecule has 0 aliphatic heterocycles. The van der Waals surface area contributed by atoms with E-state index in [0.717, 1.165) is 0 Å². The first-order valence-corrected chi connectivity index (χ1v) is 4.09. The van der Waals surface area contributed by atoms with E-state index in [1.165, 1.54) is 6.92 Å². The molecule has 0 aromatic rings. The van der Waals surface area contributed by atoms with Crippen LogP contribution in [0.3, 0.4) is 0 Å². The molecule has 0 aliphatic carbocycles. The summed E-state index contributed by atoms with van der Waals surface area (Å²) in [5.41, 5.74) is -0.359. The fourth-order valence-electron chi connectivity index (χ4n) is 0.702. The molecule has 0 saturated carbocycles. The summed E-state index contributed by atoms with van der Waals surface area (Å²) >= 11 is 0. The van der Waals surface area contributed by atoms with Crippen LogP contribution in [-0.4, -0.2) is 22.7 Å². The lowest BCUT2D eigenvalue weighted by atomic mass is 10.2. The quantitative estimate of drug-likeness (QED) is 0.652. The van der Waals surface area contributed by atoms with Crippen molar-refractivity contribution in [3.8, 4) is 0 Å². The highest BCUT2D eigenvalue weighted by Crippen LogP contribution is 2.10. The number of ether oxygens (including phenoxy) is 1. The molecule has 0 radical (unpaired) electrons. The lowest BCUT2D eigenvalue weighted by Crippen LogP contribution is -2.35. The first-order valence-electron chi connectivity index (χ1n) is 4.09. The molecule has 76 valence electrons. The zero-order chi connectivity index (χ0) is 10.6. The highest BCUT2D eigenvalue weighted by Gasteiger charge is 2.16. The molecule has 0 rings (SSSR count). The van der Waals surface area contributed by atoms with E-state index in [1.54, 1.807) is 0 Å². The van der Waals surface area contributed by atoms with E-state index in [0.29, 0.717) is 0 Å². The Morgan fingerprint density at radius 1 is 1.54 bits per heavy atom. The fraction of sp³-hybridized carbons (Fsp3) is 0.667. The minimum absolute atomic E-state index is 0.280. The number of aliphatic carboxylic acids is 1. The van der Waals surface area contributed by atoms with E-state index in [1.807, 2.05) is 20.8 Å². The summed E-state index contributed by atoms with van der Waals surface area (Å²) in [6.45, 7) is 10.7. The van der Waals surface area contributed by atoms with Gasteiger partial charge in [0.25, 0.3) is 0 Å². The third-order valence-electron chi connectivity index (χ3n) is 1.18. The standard InChI is InChI=1S/C9H17NO3/c1-6(8(11)12)10-7(2)13-9(3,4)5/h6,10H,2H2,1,3-5H3,(H,11,12)/t6-/m0/s1. The van der Waals surface area contributed by atoms with Gasteiger partial charge in [-0.3, -0.25) is 4.79 Å². The van der Waals surface area contributed by atoms with E-state index >= 15 is 0 Å². The van der Waals surface area contributed by atoms with Crippen molar-refractivity contribution in [3.05, 3.63) is 12.5 Å². The average Bonchev–Trinajstić information content (AvgIpc) is 1.81. The summed E-state index contributed by atoms with van der Waals surface area (Å²) in [4.78, 5) is 10.4. The summed E-state index contributed by atoms with van der Waals surface area (Å²) in [6.07, 6.45) is 0. The van der Waals surface area contributed by atoms with Crippen LogP contribution in [0.2, 0.25) is 0 Å². The zero-order valence-electron chi connectivity index (χ0n) is 8.55. The topological polar surface area (TPSA) is 58.6 Å². The molecule has 0 saturated heterocycles. The van der Waals surface area contributed by atoms with Gasteiger partial charge in [-0.1, -0.05) is 0 Å². The number of carboxylic acids is 1. The SMILES string of the molecule is C=C(N[C@@H](C)C(=O)O)OC(C)(C)C. The summed E-state index contributed by atoms with van der Waals surface area (Å²) in [5, 5.41) is 11.2. The van der Waals surface area contributed by atoms with Crippen LogP contribution in [0.4, 0.5) is 0 Å². The first kappa shape index (κ1) is 11.8. The number of hydrogen-bond donors (Lipinski definition) is 2. The molecule has 2 N–H and O–H groups in total. The molecule has 0 aromatic heterocycles. The fourth-order valence-corrected chi connectivity index (χ4v) is 0.702. The molecule has 0 aliphatic rings. The highest BCUT2D eigenvalue weighted by atomic mass is 16.5. The Bertz CT molecular complexity index is 205. The maximum Gasteiger partial charge on any atom is 0.325 e. The highest BCUT2D eigenvalue weighted by molar-refractivity contribution is 5.73. The van der Waals surface area contributed by atoms with Crippen molar-refractivity contribution >= 4 is 5.97 Å². The Kier molecular flexibility index (Phi) is 3.78. The second-order valence-electron chi connectivity index (χ2n) is 3.84. The second kappa shape index (κ2) is 4.16. The molecular weight excluding hydrogens is 170 g/mol. The normalized spacial score (nSPS) is 13.2. The van der Waals surface area contributed by atoms with Gasteiger partial charge in [0.1, 0.15) is 11.6 Å². The zero-order valence-corrected chi connectivity index (χ0v) is 8.55. The molecular formula is C9H17NO3. The second-order valence-corrected chi connectivity index (χ2v) is 3.84. The van der Waals surface area contributed by atoms with Gasteiger partial charge >= 0.3 is 5.97 Å². The van der Waals surface area contributed by atoms with Crippen LogP contribution >= 0.6 is 0 Å². The Labute approximate surface area is 78.6 Å². The minimum Gasteiger partial charge on any atom is -0.480 e. The van der Waals surface area contributed by atoms with Crippen LogP contribution in [0.25, 0.3) is 0 Å². The van der Waals surface area contributed by atoms with Gasteiger partial charge in [-0.2, -0.15) is 0 Å². The van der Waals surface area contributed by atoms with Crippen molar-refractivity contribution < 1.29 is 14.6 Å². The Hall–Kier alpha value is -1.19. The molecule has 0 fully saturated rings. The summed E-state index contributed by atoms with van der Waals surface area (Å²) in [7, 11) is 0. The van der Waals surface area contributed by atoms with E-state index in [2.05, 4.69) is 11.9 Å². The summed E-state index contributed by atoms with van der Waals surface area (Å²) in [5.74, 6) is -0.652. The van der Waals surface area contributed by atoms with Gasteiger partial charge in [-0.05, 0) is 34.3 Å². The minimum atomic E-state index is -0.932. The molecule has 1 atom stereocenters. The van der Waals surface area contributed by atoms with E-state index in [4.69, 9.17) is 9.84 Å². The number of rotatable bonds is 4. The summed E-state index contributed by atoms with van der Waals surface area (Å²) < 4.78 is 5.29. The van der Waals surface area contributed by atoms with Crippen molar-refractivity contribution in [2.45, 2.75) is 39.3 Å². The van der Waals surface area contributed by atoms with E-state index < -0.39 is 12.0 Å². The van der Waals surface area contributed by atoms with Gasteiger partial charge in [0, 0.05) is 0 Å². The maximum atomic E-state index is 10.4. The van der Waals surface area contributed by atoms with Crippen molar-refractivity contribution in [1.29, 1.82) is 0 Å². The van der Waals surface area contributed by atoms with Crippen LogP contribution in [0, 0.1) is 0 Å². The number of nitrogens with one attached hydrogen (secondary N) is 1. The monoisotopic (exact) mass is 187 g/mol. The van der Waals surface area contributed by atoms with Gasteiger partial charge in [0.15, 0.2) is 5.88 Å². The molecule has 0 bridgehead atoms. The molecule has 4 nitrogen and oxygen atoms in total. The molecule has 0 unspecified atom stereocenters. The Balaban J connectivity index is 3.96. The van der Waals surface area contributed by atoms with Crippen LogP contribution in [-0.2, 0) is 9.53 Å². The maximum absolute atomic E-state index is 10.4. The molecule has 4 heteroatoms. The molecule has 13 heavy (non-hydrogen) atoms. The third-order valence-corrected chi connectivity index (χ3v) is 1.18. The van der Waals surface area contributed by atoms with Gasteiger partial charge in [-0.25, -0.2) is 0 Å². The largest absolute Gasteiger partial charge is 0.480 e. The van der Waals surface area contributed by atoms with Crippen molar-refractivity contribution in [1.82, 2.24) is 5.32 Å². The lowest BCUT2D eigenvalue weighted by Gasteiger charge is -2.24. The van der Waals surface area contributed by atoms with E-state index in [9.17, 15) is 4.79 Å². The van der Waals surface area contributed by atoms with Gasteiger partial charge < -0.3 is 15.2 Å². The molecule has 0 heterocycles. The van der Waals surface area contributed by atoms with Crippen LogP contribution in [0.5, 0.6) is 0 Å². The van der Waals surface area contributed by atoms with Crippen LogP contribution in [0.15, 0.2) is 12.5 Å². The van der Waals surface area contributed by atoms with Gasteiger partial charge in [-0.15, -0.1) is 0 Å². The van der Waals surface area contributed by atoms with Gasteiger partial charge in [0.2, 0.25) is 0 Å².